The number of benzene rings is 2. The van der Waals surface area contributed by atoms with Gasteiger partial charge in [-0.05, 0) is 58.4 Å². The molecule has 0 aliphatic carbocycles. The first-order chi connectivity index (χ1) is 12.8. The van der Waals surface area contributed by atoms with Gasteiger partial charge in [0.15, 0.2) is 6.61 Å². The van der Waals surface area contributed by atoms with Crippen LogP contribution in [0.4, 0.5) is 5.69 Å². The summed E-state index contributed by atoms with van der Waals surface area (Å²) < 4.78 is 6.61. The fourth-order valence-corrected chi connectivity index (χ4v) is 3.52. The van der Waals surface area contributed by atoms with Crippen molar-refractivity contribution in [3.05, 3.63) is 61.5 Å². The molecule has 0 atom stereocenters. The van der Waals surface area contributed by atoms with Crippen LogP contribution >= 0.6 is 43.5 Å². The minimum Gasteiger partial charge on any atom is -0.482 e. The van der Waals surface area contributed by atoms with Gasteiger partial charge in [-0.2, -0.15) is 5.26 Å². The average molecular weight is 514 g/mol. The Hall–Kier alpha value is -2.34. The van der Waals surface area contributed by atoms with Crippen LogP contribution in [0.3, 0.4) is 0 Å². The highest BCUT2D eigenvalue weighted by Gasteiger charge is 2.15. The van der Waals surface area contributed by atoms with Crippen LogP contribution in [-0.4, -0.2) is 18.4 Å². The van der Waals surface area contributed by atoms with E-state index in [0.717, 1.165) is 0 Å². The van der Waals surface area contributed by atoms with E-state index in [4.69, 9.17) is 22.1 Å². The van der Waals surface area contributed by atoms with Gasteiger partial charge in [-0.15, -0.1) is 0 Å². The molecule has 0 radical (unpaired) electrons. The maximum atomic E-state index is 12.4. The molecule has 0 saturated heterocycles. The van der Waals surface area contributed by atoms with Crippen LogP contribution in [0.15, 0.2) is 50.9 Å². The van der Waals surface area contributed by atoms with Crippen molar-refractivity contribution < 1.29 is 14.3 Å². The van der Waals surface area contributed by atoms with Gasteiger partial charge in [-0.1, -0.05) is 27.5 Å². The topological polar surface area (TPSA) is 105 Å². The van der Waals surface area contributed by atoms with Crippen LogP contribution in [0, 0.1) is 11.3 Å². The van der Waals surface area contributed by atoms with Gasteiger partial charge in [0.25, 0.3) is 11.8 Å². The van der Waals surface area contributed by atoms with Crippen molar-refractivity contribution in [3.8, 4) is 11.8 Å². The van der Waals surface area contributed by atoms with Crippen LogP contribution in [0.25, 0.3) is 6.08 Å². The number of nitrogens with two attached hydrogens (primary N) is 1. The zero-order chi connectivity index (χ0) is 20.0. The zero-order valence-electron chi connectivity index (χ0n) is 13.6. The number of rotatable bonds is 6. The summed E-state index contributed by atoms with van der Waals surface area (Å²) in [5.41, 5.74) is 5.87. The Bertz CT molecular complexity index is 954. The summed E-state index contributed by atoms with van der Waals surface area (Å²) in [5.74, 6) is -0.971. The van der Waals surface area contributed by atoms with Gasteiger partial charge in [0.05, 0.1) is 4.47 Å². The van der Waals surface area contributed by atoms with Gasteiger partial charge >= 0.3 is 0 Å². The number of amides is 2. The first kappa shape index (κ1) is 21.0. The summed E-state index contributed by atoms with van der Waals surface area (Å²) in [6.45, 7) is -0.347. The molecule has 0 heterocycles. The smallest absolute Gasteiger partial charge is 0.266 e. The standard InChI is InChI=1S/C18H12Br2ClN3O3/c19-12-6-10(17(15(20)7-12)27-9-16(23)25)5-11(8-22)18(26)24-14-3-1-13(21)2-4-14/h1-7H,9H2,(H2,23,25)(H,24,26)/b11-5-. The molecule has 0 fully saturated rings. The van der Waals surface area contributed by atoms with E-state index < -0.39 is 11.8 Å². The number of hydrogen-bond acceptors (Lipinski definition) is 4. The van der Waals surface area contributed by atoms with Crippen molar-refractivity contribution in [2.75, 3.05) is 11.9 Å². The molecular weight excluding hydrogens is 501 g/mol. The first-order valence-corrected chi connectivity index (χ1v) is 9.35. The molecule has 0 aliphatic rings. The lowest BCUT2D eigenvalue weighted by Gasteiger charge is -2.11. The lowest BCUT2D eigenvalue weighted by atomic mass is 10.1. The normalized spacial score (nSPS) is 10.8. The van der Waals surface area contributed by atoms with E-state index in [1.165, 1.54) is 6.08 Å². The summed E-state index contributed by atoms with van der Waals surface area (Å²) in [7, 11) is 0. The number of nitrogens with one attached hydrogen (secondary N) is 1. The van der Waals surface area contributed by atoms with Crippen molar-refractivity contribution in [1.82, 2.24) is 0 Å². The second-order valence-corrected chi connectivity index (χ2v) is 7.40. The van der Waals surface area contributed by atoms with E-state index in [9.17, 15) is 14.9 Å². The maximum absolute atomic E-state index is 12.4. The van der Waals surface area contributed by atoms with Gasteiger partial charge < -0.3 is 15.8 Å². The predicted molar refractivity (Wildman–Crippen MR) is 110 cm³/mol. The SMILES string of the molecule is N#C/C(=C/c1cc(Br)cc(Br)c1OCC(N)=O)C(=O)Nc1ccc(Cl)cc1. The molecule has 2 rings (SSSR count). The fourth-order valence-electron chi connectivity index (χ4n) is 2.02. The van der Waals surface area contributed by atoms with E-state index in [1.807, 2.05) is 6.07 Å². The number of ether oxygens (including phenoxy) is 1. The summed E-state index contributed by atoms with van der Waals surface area (Å²) in [6, 6.07) is 11.7. The fraction of sp³-hybridized carbons (Fsp3) is 0.0556. The van der Waals surface area contributed by atoms with Gasteiger partial charge in [-0.3, -0.25) is 9.59 Å². The van der Waals surface area contributed by atoms with Crippen molar-refractivity contribution in [2.24, 2.45) is 5.73 Å². The number of anilines is 1. The summed E-state index contributed by atoms with van der Waals surface area (Å²) in [6.07, 6.45) is 1.36. The minimum absolute atomic E-state index is 0.154. The minimum atomic E-state index is -0.652. The van der Waals surface area contributed by atoms with Crippen LogP contribution in [0.1, 0.15) is 5.56 Å². The zero-order valence-corrected chi connectivity index (χ0v) is 17.6. The molecule has 0 saturated carbocycles. The third kappa shape index (κ3) is 6.10. The number of halogens is 3. The molecule has 9 heteroatoms. The highest BCUT2D eigenvalue weighted by molar-refractivity contribution is 9.11. The van der Waals surface area contributed by atoms with Crippen molar-refractivity contribution in [2.45, 2.75) is 0 Å². The Kier molecular flexibility index (Phi) is 7.42. The van der Waals surface area contributed by atoms with E-state index in [0.29, 0.717) is 25.2 Å². The first-order valence-electron chi connectivity index (χ1n) is 7.39. The van der Waals surface area contributed by atoms with Crippen LogP contribution in [0.5, 0.6) is 5.75 Å². The molecule has 138 valence electrons. The van der Waals surface area contributed by atoms with E-state index in [-0.39, 0.29) is 17.9 Å². The summed E-state index contributed by atoms with van der Waals surface area (Å²) >= 11 is 12.5. The molecule has 0 spiro atoms. The van der Waals surface area contributed by atoms with E-state index >= 15 is 0 Å². The van der Waals surface area contributed by atoms with Gasteiger partial charge in [0.1, 0.15) is 17.4 Å². The second-order valence-electron chi connectivity index (χ2n) is 5.19. The molecule has 2 amide bonds. The Balaban J connectivity index is 2.35. The molecule has 2 aromatic carbocycles. The summed E-state index contributed by atoms with van der Waals surface area (Å²) in [4.78, 5) is 23.4. The Morgan fingerprint density at radius 3 is 2.52 bits per heavy atom. The molecule has 2 aromatic rings. The monoisotopic (exact) mass is 511 g/mol. The molecule has 27 heavy (non-hydrogen) atoms. The number of nitriles is 1. The molecule has 0 bridgehead atoms. The Labute approximate surface area is 177 Å². The van der Waals surface area contributed by atoms with Crippen molar-refractivity contribution in [3.63, 3.8) is 0 Å². The molecule has 3 N–H and O–H groups in total. The number of nitrogens with zero attached hydrogens (tertiary/aromatic N) is 1. The van der Waals surface area contributed by atoms with Crippen LogP contribution < -0.4 is 15.8 Å². The van der Waals surface area contributed by atoms with Gasteiger partial charge in [0, 0.05) is 20.7 Å². The lowest BCUT2D eigenvalue weighted by Crippen LogP contribution is -2.20. The molecule has 6 nitrogen and oxygen atoms in total. The number of primary amides is 1. The highest BCUT2D eigenvalue weighted by atomic mass is 79.9. The predicted octanol–water partition coefficient (Wildman–Crippen LogP) is 4.27. The average Bonchev–Trinajstić information content (AvgIpc) is 2.60. The number of hydrogen-bond donors (Lipinski definition) is 2. The third-order valence-corrected chi connectivity index (χ3v) is 4.46. The lowest BCUT2D eigenvalue weighted by molar-refractivity contribution is -0.120. The maximum Gasteiger partial charge on any atom is 0.266 e. The van der Waals surface area contributed by atoms with Crippen LogP contribution in [0.2, 0.25) is 5.02 Å². The van der Waals surface area contributed by atoms with Crippen molar-refractivity contribution >= 4 is 67.0 Å². The molecule has 0 unspecified atom stereocenters. The highest BCUT2D eigenvalue weighted by Crippen LogP contribution is 2.34. The van der Waals surface area contributed by atoms with Gasteiger partial charge in [0.2, 0.25) is 0 Å². The van der Waals surface area contributed by atoms with Gasteiger partial charge in [-0.25, -0.2) is 0 Å². The molecule has 0 aliphatic heterocycles. The third-order valence-electron chi connectivity index (χ3n) is 3.16. The van der Waals surface area contributed by atoms with E-state index in [1.54, 1.807) is 36.4 Å². The Morgan fingerprint density at radius 2 is 1.93 bits per heavy atom. The quantitative estimate of drug-likeness (QED) is 0.444. The van der Waals surface area contributed by atoms with E-state index in [2.05, 4.69) is 37.2 Å². The molecular formula is C18H12Br2ClN3O3. The number of carbonyl (C=O) groups excluding carboxylic acids is 2. The largest absolute Gasteiger partial charge is 0.482 e. The second kappa shape index (κ2) is 9.55. The number of carbonyl (C=O) groups is 2. The Morgan fingerprint density at radius 1 is 1.26 bits per heavy atom. The summed E-state index contributed by atoms with van der Waals surface area (Å²) in [5, 5.41) is 12.5. The van der Waals surface area contributed by atoms with Crippen molar-refractivity contribution in [1.29, 1.82) is 5.26 Å². The molecule has 0 aromatic heterocycles. The van der Waals surface area contributed by atoms with Crippen LogP contribution in [-0.2, 0) is 9.59 Å².